The highest BCUT2D eigenvalue weighted by atomic mass is 16.8. The SMILES string of the molecule is O=C(OC[C@H]1O[C@H](O)[C@H](OC(=O)c2ccccc2)[C@@H](OC(=O)c2ccccc2)[C@H]1O[C@H]1O[C@H](COCc2ccccc2)[C@H](OCc2ccccc2)[C@H](OCc2ccccc2)[C@H]1OCc1ccccc1)c1ccccc1. The first kappa shape index (κ1) is 52.5. The Labute approximate surface area is 435 Å². The molecule has 386 valence electrons. The highest BCUT2D eigenvalue weighted by molar-refractivity contribution is 5.90. The van der Waals surface area contributed by atoms with Gasteiger partial charge in [0.1, 0.15) is 43.2 Å². The number of carbonyl (C=O) groups is 3. The van der Waals surface area contributed by atoms with Crippen molar-refractivity contribution in [2.45, 2.75) is 87.8 Å². The molecule has 0 radical (unpaired) electrons. The van der Waals surface area contributed by atoms with E-state index in [2.05, 4.69) is 0 Å². The summed E-state index contributed by atoms with van der Waals surface area (Å²) in [5, 5.41) is 11.9. The van der Waals surface area contributed by atoms with E-state index in [9.17, 15) is 19.5 Å². The van der Waals surface area contributed by atoms with Crippen molar-refractivity contribution >= 4 is 17.9 Å². The zero-order chi connectivity index (χ0) is 51.6. The number of benzene rings is 7. The van der Waals surface area contributed by atoms with Gasteiger partial charge in [0, 0.05) is 0 Å². The maximum absolute atomic E-state index is 14.3. The molecule has 2 aliphatic heterocycles. The van der Waals surface area contributed by atoms with Crippen molar-refractivity contribution in [1.82, 2.24) is 0 Å². The number of ether oxygens (including phenoxy) is 10. The first-order valence-corrected chi connectivity index (χ1v) is 24.8. The molecule has 7 aromatic carbocycles. The number of esters is 3. The largest absolute Gasteiger partial charge is 0.459 e. The van der Waals surface area contributed by atoms with Gasteiger partial charge in [-0.05, 0) is 58.7 Å². The molecule has 2 heterocycles. The first-order chi connectivity index (χ1) is 36.9. The molecule has 0 unspecified atom stereocenters. The van der Waals surface area contributed by atoms with E-state index in [-0.39, 0.29) is 49.7 Å². The lowest BCUT2D eigenvalue weighted by atomic mass is 9.95. The quantitative estimate of drug-likeness (QED) is 0.0505. The monoisotopic (exact) mass is 1010 g/mol. The Bertz CT molecular complexity index is 2810. The van der Waals surface area contributed by atoms with Gasteiger partial charge < -0.3 is 52.5 Å². The molecule has 0 saturated carbocycles. The minimum atomic E-state index is -1.93. The molecular formula is C61H58O14. The van der Waals surface area contributed by atoms with Crippen LogP contribution in [0, 0.1) is 0 Å². The maximum atomic E-state index is 14.3. The van der Waals surface area contributed by atoms with Crippen LogP contribution in [0.3, 0.4) is 0 Å². The summed E-state index contributed by atoms with van der Waals surface area (Å²) in [4.78, 5) is 41.8. The summed E-state index contributed by atoms with van der Waals surface area (Å²) in [6.07, 6.45) is -13.5. The molecule has 7 aromatic rings. The molecule has 0 amide bonds. The van der Waals surface area contributed by atoms with Crippen LogP contribution in [0.5, 0.6) is 0 Å². The smallest absolute Gasteiger partial charge is 0.338 e. The number of hydrogen-bond acceptors (Lipinski definition) is 14. The third-order valence-electron chi connectivity index (χ3n) is 12.6. The zero-order valence-corrected chi connectivity index (χ0v) is 41.0. The van der Waals surface area contributed by atoms with Gasteiger partial charge in [-0.15, -0.1) is 0 Å². The second-order valence-corrected chi connectivity index (χ2v) is 17.9. The summed E-state index contributed by atoms with van der Waals surface area (Å²) in [7, 11) is 0. The van der Waals surface area contributed by atoms with E-state index in [1.165, 1.54) is 0 Å². The van der Waals surface area contributed by atoms with Crippen LogP contribution < -0.4 is 0 Å². The fourth-order valence-electron chi connectivity index (χ4n) is 8.81. The molecule has 0 spiro atoms. The molecule has 2 fully saturated rings. The van der Waals surface area contributed by atoms with Crippen LogP contribution in [0.25, 0.3) is 0 Å². The Kier molecular flexibility index (Phi) is 18.7. The van der Waals surface area contributed by atoms with Gasteiger partial charge in [-0.1, -0.05) is 176 Å². The summed E-state index contributed by atoms with van der Waals surface area (Å²) < 4.78 is 65.8. The van der Waals surface area contributed by atoms with Gasteiger partial charge in [0.05, 0.1) is 49.7 Å². The number of aliphatic hydroxyl groups is 1. The van der Waals surface area contributed by atoms with Gasteiger partial charge in [0.15, 0.2) is 24.8 Å². The lowest BCUT2D eigenvalue weighted by Crippen LogP contribution is -2.66. The van der Waals surface area contributed by atoms with Crippen molar-refractivity contribution in [3.8, 4) is 0 Å². The predicted molar refractivity (Wildman–Crippen MR) is 274 cm³/mol. The lowest BCUT2D eigenvalue weighted by Gasteiger charge is -2.49. The highest BCUT2D eigenvalue weighted by Crippen LogP contribution is 2.36. The molecule has 0 bridgehead atoms. The highest BCUT2D eigenvalue weighted by Gasteiger charge is 2.56. The lowest BCUT2D eigenvalue weighted by molar-refractivity contribution is -0.366. The van der Waals surface area contributed by atoms with Gasteiger partial charge >= 0.3 is 17.9 Å². The Hall–Kier alpha value is -7.37. The molecule has 1 N–H and O–H groups in total. The molecule has 10 atom stereocenters. The van der Waals surface area contributed by atoms with E-state index in [0.29, 0.717) is 0 Å². The number of carbonyl (C=O) groups excluding carboxylic acids is 3. The standard InChI is InChI=1S/C61H58O14/c62-57(46-30-16-5-17-31-46)70-41-50-52(54(73-58(63)47-32-18-6-19-33-47)55(60(65)71-50)74-59(64)48-34-20-7-21-35-48)75-61-56(69-39-45-28-14-4-15-29-45)53(68-38-44-26-12-3-13-27-44)51(67-37-43-24-10-2-11-25-43)49(72-61)40-66-36-42-22-8-1-9-23-42/h1-35,49-56,60-61,65H,36-41H2/t49-,50-,51+,52+,53+,54+,55-,56-,60+,61-/m1/s1. The van der Waals surface area contributed by atoms with E-state index in [1.54, 1.807) is 91.0 Å². The minimum Gasteiger partial charge on any atom is -0.459 e. The van der Waals surface area contributed by atoms with Crippen LogP contribution >= 0.6 is 0 Å². The van der Waals surface area contributed by atoms with Gasteiger partial charge in [-0.25, -0.2) is 14.4 Å². The van der Waals surface area contributed by atoms with Gasteiger partial charge in [0.2, 0.25) is 0 Å². The van der Waals surface area contributed by atoms with Crippen molar-refractivity contribution in [3.05, 3.63) is 251 Å². The topological polar surface area (TPSA) is 164 Å². The van der Waals surface area contributed by atoms with Crippen molar-refractivity contribution in [3.63, 3.8) is 0 Å². The van der Waals surface area contributed by atoms with Crippen LogP contribution in [-0.4, -0.2) is 97.6 Å². The van der Waals surface area contributed by atoms with Crippen LogP contribution in [0.1, 0.15) is 53.3 Å². The average molecular weight is 1020 g/mol. The molecule has 2 saturated heterocycles. The van der Waals surface area contributed by atoms with Crippen molar-refractivity contribution in [1.29, 1.82) is 0 Å². The van der Waals surface area contributed by atoms with E-state index in [1.807, 2.05) is 121 Å². The van der Waals surface area contributed by atoms with Gasteiger partial charge in [-0.2, -0.15) is 0 Å². The van der Waals surface area contributed by atoms with Crippen LogP contribution in [0.4, 0.5) is 0 Å². The first-order valence-electron chi connectivity index (χ1n) is 24.8. The molecule has 0 aliphatic carbocycles. The summed E-state index contributed by atoms with van der Waals surface area (Å²) >= 11 is 0. The Morgan fingerprint density at radius 2 is 0.747 bits per heavy atom. The van der Waals surface area contributed by atoms with Crippen LogP contribution in [0.2, 0.25) is 0 Å². The normalized spacial score (nSPS) is 23.4. The summed E-state index contributed by atoms with van der Waals surface area (Å²) in [6.45, 7) is 0.0288. The average Bonchev–Trinajstić information content (AvgIpc) is 3.46. The second-order valence-electron chi connectivity index (χ2n) is 17.9. The van der Waals surface area contributed by atoms with Crippen LogP contribution in [0.15, 0.2) is 212 Å². The summed E-state index contributed by atoms with van der Waals surface area (Å²) in [5.41, 5.74) is 4.06. The molecule has 14 nitrogen and oxygen atoms in total. The van der Waals surface area contributed by atoms with Gasteiger partial charge in [-0.3, -0.25) is 0 Å². The number of aliphatic hydroxyl groups excluding tert-OH is 1. The Morgan fingerprint density at radius 1 is 0.373 bits per heavy atom. The summed E-state index contributed by atoms with van der Waals surface area (Å²) in [6, 6.07) is 63.2. The second kappa shape index (κ2) is 26.7. The third kappa shape index (κ3) is 14.5. The van der Waals surface area contributed by atoms with Crippen molar-refractivity contribution in [2.75, 3.05) is 13.2 Å². The van der Waals surface area contributed by atoms with Crippen LogP contribution in [-0.2, 0) is 73.8 Å². The van der Waals surface area contributed by atoms with Gasteiger partial charge in [0.25, 0.3) is 0 Å². The minimum absolute atomic E-state index is 0.0213. The maximum Gasteiger partial charge on any atom is 0.338 e. The Morgan fingerprint density at radius 3 is 1.21 bits per heavy atom. The number of rotatable bonds is 22. The molecule has 2 aliphatic rings. The van der Waals surface area contributed by atoms with E-state index in [0.717, 1.165) is 22.3 Å². The van der Waals surface area contributed by atoms with Crippen molar-refractivity contribution in [2.24, 2.45) is 0 Å². The van der Waals surface area contributed by atoms with E-state index >= 15 is 0 Å². The fraction of sp³-hybridized carbons (Fsp3) is 0.262. The molecule has 9 rings (SSSR count). The van der Waals surface area contributed by atoms with Crippen molar-refractivity contribution < 1.29 is 66.9 Å². The molecule has 0 aromatic heterocycles. The zero-order valence-electron chi connectivity index (χ0n) is 41.0. The number of hydrogen-bond donors (Lipinski definition) is 1. The molecule has 14 heteroatoms. The molecular weight excluding hydrogens is 957 g/mol. The third-order valence-corrected chi connectivity index (χ3v) is 12.6. The predicted octanol–water partition coefficient (Wildman–Crippen LogP) is 9.09. The summed E-state index contributed by atoms with van der Waals surface area (Å²) in [5.74, 6) is -2.39. The van der Waals surface area contributed by atoms with E-state index in [4.69, 9.17) is 47.4 Å². The Balaban J connectivity index is 1.13. The molecule has 75 heavy (non-hydrogen) atoms. The fourth-order valence-corrected chi connectivity index (χ4v) is 8.81. The van der Waals surface area contributed by atoms with E-state index < -0.39 is 85.9 Å².